The van der Waals surface area contributed by atoms with Gasteiger partial charge in [0, 0.05) is 4.43 Å². The molecule has 0 aliphatic carbocycles. The Morgan fingerprint density at radius 3 is 1.41 bits per heavy atom. The maximum atomic E-state index is 6.74. The molecule has 1 fully saturated rings. The molecule has 232 valence electrons. The first kappa shape index (κ1) is 32.8. The molecular weight excluding hydrogens is 667 g/mol. The summed E-state index contributed by atoms with van der Waals surface area (Å²) in [5, 5.41) is 0. The van der Waals surface area contributed by atoms with Gasteiger partial charge in [0.1, 0.15) is 24.4 Å². The Balaban J connectivity index is 1.41. The summed E-state index contributed by atoms with van der Waals surface area (Å²) < 4.78 is 40.3. The van der Waals surface area contributed by atoms with Crippen molar-refractivity contribution >= 4 is 22.6 Å². The number of rotatable bonds is 17. The predicted octanol–water partition coefficient (Wildman–Crippen LogP) is 7.53. The van der Waals surface area contributed by atoms with Crippen molar-refractivity contribution in [1.29, 1.82) is 0 Å². The number of hydrogen-bond donors (Lipinski definition) is 0. The molecule has 6 nitrogen and oxygen atoms in total. The molecule has 0 saturated carbocycles. The molecule has 1 aliphatic rings. The third kappa shape index (κ3) is 10.2. The first-order chi connectivity index (χ1) is 21.8. The highest BCUT2D eigenvalue weighted by atomic mass is 127. The van der Waals surface area contributed by atoms with E-state index >= 15 is 0 Å². The molecule has 1 saturated heterocycles. The Morgan fingerprint density at radius 2 is 0.932 bits per heavy atom. The summed E-state index contributed by atoms with van der Waals surface area (Å²) in [6, 6.07) is 40.6. The summed E-state index contributed by atoms with van der Waals surface area (Å²) in [6.07, 6.45) is -1.66. The highest BCUT2D eigenvalue weighted by molar-refractivity contribution is 14.1. The van der Waals surface area contributed by atoms with E-state index in [0.29, 0.717) is 39.6 Å². The SMILES string of the molecule is ICCCO[C@@H]1O[C@H](COCc2ccccc2)[C@H](OCc2ccccc2)[C@H](OCc2ccccc2)[C@H]1OCc1ccccc1. The Hall–Kier alpha value is -2.63. The largest absolute Gasteiger partial charge is 0.374 e. The smallest absolute Gasteiger partial charge is 0.186 e. The molecule has 0 radical (unpaired) electrons. The molecule has 4 aromatic carbocycles. The molecule has 5 atom stereocenters. The van der Waals surface area contributed by atoms with Crippen LogP contribution in [0.15, 0.2) is 121 Å². The molecule has 0 amide bonds. The fourth-order valence-electron chi connectivity index (χ4n) is 5.14. The van der Waals surface area contributed by atoms with E-state index in [2.05, 4.69) is 71.1 Å². The van der Waals surface area contributed by atoms with Gasteiger partial charge in [-0.15, -0.1) is 0 Å². The third-order valence-electron chi connectivity index (χ3n) is 7.40. The predicted molar refractivity (Wildman–Crippen MR) is 179 cm³/mol. The second-order valence-electron chi connectivity index (χ2n) is 10.7. The maximum absolute atomic E-state index is 6.74. The van der Waals surface area contributed by atoms with Crippen LogP contribution < -0.4 is 0 Å². The van der Waals surface area contributed by atoms with Gasteiger partial charge < -0.3 is 28.4 Å². The van der Waals surface area contributed by atoms with Gasteiger partial charge in [0.25, 0.3) is 0 Å². The van der Waals surface area contributed by atoms with Gasteiger partial charge in [-0.3, -0.25) is 0 Å². The van der Waals surface area contributed by atoms with Crippen LogP contribution in [0.3, 0.4) is 0 Å². The average Bonchev–Trinajstić information content (AvgIpc) is 3.08. The first-order valence-corrected chi connectivity index (χ1v) is 16.7. The molecule has 0 bridgehead atoms. The van der Waals surface area contributed by atoms with Crippen molar-refractivity contribution in [2.75, 3.05) is 17.6 Å². The summed E-state index contributed by atoms with van der Waals surface area (Å²) in [5.74, 6) is 0. The standard InChI is InChI=1S/C37H41IO6/c38-22-13-23-40-37-36(43-27-32-20-11-4-12-21-32)35(42-26-31-18-9-3-10-19-31)34(41-25-30-16-7-2-8-17-30)33(44-37)28-39-24-29-14-5-1-6-15-29/h1-12,14-21,33-37H,13,22-28H2/t33-,34+,35+,36-,37-/m1/s1. The molecule has 44 heavy (non-hydrogen) atoms. The van der Waals surface area contributed by atoms with Crippen LogP contribution in [0.5, 0.6) is 0 Å². The molecule has 0 spiro atoms. The minimum absolute atomic E-state index is 0.317. The summed E-state index contributed by atoms with van der Waals surface area (Å²) in [7, 11) is 0. The molecule has 0 aromatic heterocycles. The minimum Gasteiger partial charge on any atom is -0.374 e. The van der Waals surface area contributed by atoms with Crippen LogP contribution in [0, 0.1) is 0 Å². The van der Waals surface area contributed by atoms with Crippen molar-refractivity contribution in [3.63, 3.8) is 0 Å². The molecule has 1 aliphatic heterocycles. The summed E-state index contributed by atoms with van der Waals surface area (Å²) in [5.41, 5.74) is 4.30. The topological polar surface area (TPSA) is 55.4 Å². The van der Waals surface area contributed by atoms with Gasteiger partial charge in [-0.1, -0.05) is 144 Å². The number of hydrogen-bond acceptors (Lipinski definition) is 6. The Morgan fingerprint density at radius 1 is 0.500 bits per heavy atom. The summed E-state index contributed by atoms with van der Waals surface area (Å²) in [4.78, 5) is 0. The summed E-state index contributed by atoms with van der Waals surface area (Å²) >= 11 is 2.37. The average molecular weight is 709 g/mol. The van der Waals surface area contributed by atoms with Crippen LogP contribution >= 0.6 is 22.6 Å². The van der Waals surface area contributed by atoms with Crippen LogP contribution in [-0.2, 0) is 54.8 Å². The quantitative estimate of drug-likeness (QED) is 0.0643. The Bertz CT molecular complexity index is 1310. The van der Waals surface area contributed by atoms with E-state index in [1.807, 2.05) is 72.8 Å². The lowest BCUT2D eigenvalue weighted by molar-refractivity contribution is -0.328. The maximum Gasteiger partial charge on any atom is 0.186 e. The fourth-order valence-corrected chi connectivity index (χ4v) is 5.45. The van der Waals surface area contributed by atoms with Crippen LogP contribution in [-0.4, -0.2) is 48.3 Å². The molecule has 5 rings (SSSR count). The lowest BCUT2D eigenvalue weighted by Gasteiger charge is -2.46. The van der Waals surface area contributed by atoms with Gasteiger partial charge in [0.05, 0.1) is 39.6 Å². The van der Waals surface area contributed by atoms with Crippen LogP contribution in [0.25, 0.3) is 0 Å². The van der Waals surface area contributed by atoms with Gasteiger partial charge in [0.2, 0.25) is 0 Å². The van der Waals surface area contributed by atoms with Crippen LogP contribution in [0.4, 0.5) is 0 Å². The second kappa shape index (κ2) is 18.4. The molecule has 0 unspecified atom stereocenters. The third-order valence-corrected chi connectivity index (χ3v) is 8.16. The van der Waals surface area contributed by atoms with Crippen molar-refractivity contribution < 1.29 is 28.4 Å². The molecule has 0 N–H and O–H groups in total. The zero-order valence-corrected chi connectivity index (χ0v) is 27.1. The van der Waals surface area contributed by atoms with E-state index in [4.69, 9.17) is 28.4 Å². The van der Waals surface area contributed by atoms with Crippen molar-refractivity contribution in [2.24, 2.45) is 0 Å². The zero-order chi connectivity index (χ0) is 30.2. The highest BCUT2D eigenvalue weighted by Crippen LogP contribution is 2.31. The molecule has 1 heterocycles. The van der Waals surface area contributed by atoms with E-state index in [0.717, 1.165) is 33.1 Å². The molecule has 7 heteroatoms. The number of halogens is 1. The van der Waals surface area contributed by atoms with E-state index in [-0.39, 0.29) is 0 Å². The van der Waals surface area contributed by atoms with Gasteiger partial charge >= 0.3 is 0 Å². The lowest BCUT2D eigenvalue weighted by Crippen LogP contribution is -2.61. The number of alkyl halides is 1. The second-order valence-corrected chi connectivity index (χ2v) is 11.8. The van der Waals surface area contributed by atoms with Gasteiger partial charge in [0.15, 0.2) is 6.29 Å². The van der Waals surface area contributed by atoms with Gasteiger partial charge in [-0.2, -0.15) is 0 Å². The first-order valence-electron chi connectivity index (χ1n) is 15.2. The van der Waals surface area contributed by atoms with E-state index in [1.165, 1.54) is 0 Å². The summed E-state index contributed by atoms with van der Waals surface area (Å²) in [6.45, 7) is 2.54. The van der Waals surface area contributed by atoms with E-state index < -0.39 is 30.7 Å². The zero-order valence-electron chi connectivity index (χ0n) is 24.9. The van der Waals surface area contributed by atoms with Crippen molar-refractivity contribution in [1.82, 2.24) is 0 Å². The van der Waals surface area contributed by atoms with Crippen molar-refractivity contribution in [2.45, 2.75) is 63.6 Å². The van der Waals surface area contributed by atoms with Gasteiger partial charge in [-0.05, 0) is 28.7 Å². The van der Waals surface area contributed by atoms with E-state index in [9.17, 15) is 0 Å². The van der Waals surface area contributed by atoms with Crippen molar-refractivity contribution in [3.05, 3.63) is 144 Å². The number of benzene rings is 4. The van der Waals surface area contributed by atoms with Gasteiger partial charge in [-0.25, -0.2) is 0 Å². The Kier molecular flexibility index (Phi) is 13.7. The lowest BCUT2D eigenvalue weighted by atomic mass is 9.97. The molecule has 4 aromatic rings. The van der Waals surface area contributed by atoms with E-state index in [1.54, 1.807) is 0 Å². The van der Waals surface area contributed by atoms with Crippen molar-refractivity contribution in [3.8, 4) is 0 Å². The Labute approximate surface area is 274 Å². The minimum atomic E-state index is -0.649. The normalized spacial score (nSPS) is 21.7. The number of ether oxygens (including phenoxy) is 6. The monoisotopic (exact) mass is 708 g/mol. The fraction of sp³-hybridized carbons (Fsp3) is 0.351. The highest BCUT2D eigenvalue weighted by Gasteiger charge is 2.49. The van der Waals surface area contributed by atoms with Crippen LogP contribution in [0.1, 0.15) is 28.7 Å². The van der Waals surface area contributed by atoms with Crippen LogP contribution in [0.2, 0.25) is 0 Å². The molecular formula is C37H41IO6.